The first-order valence-corrected chi connectivity index (χ1v) is 7.81. The van der Waals surface area contributed by atoms with E-state index in [9.17, 15) is 4.79 Å². The van der Waals surface area contributed by atoms with E-state index in [-0.39, 0.29) is 4.83 Å². The summed E-state index contributed by atoms with van der Waals surface area (Å²) in [5.74, 6) is -0.393. The summed E-state index contributed by atoms with van der Waals surface area (Å²) in [5, 5.41) is 0. The van der Waals surface area contributed by atoms with Gasteiger partial charge in [0.05, 0.1) is 23.9 Å². The maximum absolute atomic E-state index is 11.9. The normalized spacial score (nSPS) is 25.7. The number of carbonyl (C=O) groups excluding carboxylic acids is 1. The van der Waals surface area contributed by atoms with Crippen molar-refractivity contribution in [3.63, 3.8) is 0 Å². The van der Waals surface area contributed by atoms with Gasteiger partial charge in [0.2, 0.25) is 0 Å². The standard InChI is InChI=1S/C15H20BBrO4/c1-10(17)15(4)14(2,3)20-16(21-15)12-9-7-6-8-11(12)13(18)19-5/h6-10H,1-5H3. The van der Waals surface area contributed by atoms with Crippen LogP contribution in [0.4, 0.5) is 0 Å². The Morgan fingerprint density at radius 3 is 2.43 bits per heavy atom. The Hall–Kier alpha value is -0.845. The van der Waals surface area contributed by atoms with Gasteiger partial charge in [0.25, 0.3) is 0 Å². The summed E-state index contributed by atoms with van der Waals surface area (Å²) in [4.78, 5) is 12.0. The average Bonchev–Trinajstić information content (AvgIpc) is 2.69. The van der Waals surface area contributed by atoms with Crippen molar-refractivity contribution in [1.29, 1.82) is 0 Å². The van der Waals surface area contributed by atoms with Gasteiger partial charge in [-0.2, -0.15) is 0 Å². The smallest absolute Gasteiger partial charge is 0.465 e. The molecular formula is C15H20BBrO4. The molecule has 0 amide bonds. The summed E-state index contributed by atoms with van der Waals surface area (Å²) in [6.07, 6.45) is 0. The second-order valence-electron chi connectivity index (χ2n) is 5.88. The van der Waals surface area contributed by atoms with Crippen LogP contribution in [0.1, 0.15) is 38.1 Å². The molecule has 0 radical (unpaired) electrons. The quantitative estimate of drug-likeness (QED) is 0.475. The maximum atomic E-state index is 11.9. The van der Waals surface area contributed by atoms with E-state index in [2.05, 4.69) is 15.9 Å². The van der Waals surface area contributed by atoms with E-state index in [1.54, 1.807) is 12.1 Å². The Morgan fingerprint density at radius 1 is 1.29 bits per heavy atom. The zero-order valence-corrected chi connectivity index (χ0v) is 14.6. The molecule has 21 heavy (non-hydrogen) atoms. The van der Waals surface area contributed by atoms with Crippen LogP contribution in [-0.4, -0.2) is 36.2 Å². The van der Waals surface area contributed by atoms with Crippen molar-refractivity contribution in [2.24, 2.45) is 0 Å². The van der Waals surface area contributed by atoms with Gasteiger partial charge in [-0.05, 0) is 39.2 Å². The molecule has 1 heterocycles. The van der Waals surface area contributed by atoms with Crippen molar-refractivity contribution in [2.75, 3.05) is 7.11 Å². The molecule has 1 aromatic carbocycles. The van der Waals surface area contributed by atoms with Gasteiger partial charge in [-0.1, -0.05) is 34.1 Å². The molecule has 0 N–H and O–H groups in total. The van der Waals surface area contributed by atoms with Crippen molar-refractivity contribution in [3.8, 4) is 0 Å². The first kappa shape index (κ1) is 16.5. The van der Waals surface area contributed by atoms with E-state index in [0.29, 0.717) is 11.0 Å². The molecule has 1 aliphatic rings. The van der Waals surface area contributed by atoms with Gasteiger partial charge in [0.1, 0.15) is 0 Å². The third-order valence-electron chi connectivity index (χ3n) is 4.33. The highest BCUT2D eigenvalue weighted by molar-refractivity contribution is 9.09. The number of alkyl halides is 1. The van der Waals surface area contributed by atoms with Crippen LogP contribution in [0.3, 0.4) is 0 Å². The lowest BCUT2D eigenvalue weighted by Crippen LogP contribution is -2.50. The number of esters is 1. The predicted octanol–water partition coefficient (Wildman–Crippen LogP) is 2.54. The zero-order chi connectivity index (χ0) is 15.8. The number of halogens is 1. The molecule has 4 nitrogen and oxygen atoms in total. The third kappa shape index (κ3) is 2.76. The molecule has 1 fully saturated rings. The van der Waals surface area contributed by atoms with E-state index in [1.165, 1.54) is 7.11 Å². The summed E-state index contributed by atoms with van der Waals surface area (Å²) < 4.78 is 17.1. The fourth-order valence-electron chi connectivity index (χ4n) is 2.47. The van der Waals surface area contributed by atoms with Crippen molar-refractivity contribution >= 4 is 34.5 Å². The molecule has 2 unspecified atom stereocenters. The monoisotopic (exact) mass is 354 g/mol. The van der Waals surface area contributed by atoms with E-state index in [1.807, 2.05) is 39.8 Å². The zero-order valence-electron chi connectivity index (χ0n) is 13.0. The molecule has 0 spiro atoms. The fraction of sp³-hybridized carbons (Fsp3) is 0.533. The van der Waals surface area contributed by atoms with E-state index < -0.39 is 24.3 Å². The summed E-state index contributed by atoms with van der Waals surface area (Å²) in [7, 11) is 0.768. The van der Waals surface area contributed by atoms with Gasteiger partial charge in [0, 0.05) is 4.83 Å². The number of ether oxygens (including phenoxy) is 1. The van der Waals surface area contributed by atoms with Crippen LogP contribution >= 0.6 is 15.9 Å². The first-order valence-electron chi connectivity index (χ1n) is 6.90. The molecule has 6 heteroatoms. The molecule has 1 aromatic rings. The van der Waals surface area contributed by atoms with Crippen LogP contribution in [0, 0.1) is 0 Å². The SMILES string of the molecule is COC(=O)c1ccccc1B1OC(C)(C)C(C)(C(C)Br)O1. The Bertz CT molecular complexity index is 546. The first-order chi connectivity index (χ1) is 9.73. The molecule has 2 rings (SSSR count). The molecule has 1 aliphatic heterocycles. The minimum Gasteiger partial charge on any atom is -0.465 e. The maximum Gasteiger partial charge on any atom is 0.495 e. The van der Waals surface area contributed by atoms with Gasteiger partial charge < -0.3 is 14.0 Å². The van der Waals surface area contributed by atoms with E-state index >= 15 is 0 Å². The fourth-order valence-corrected chi connectivity index (χ4v) is 3.13. The van der Waals surface area contributed by atoms with Gasteiger partial charge in [-0.15, -0.1) is 0 Å². The molecule has 1 saturated heterocycles. The van der Waals surface area contributed by atoms with Gasteiger partial charge in [-0.3, -0.25) is 0 Å². The van der Waals surface area contributed by atoms with Crippen LogP contribution < -0.4 is 5.46 Å². The summed E-state index contributed by atoms with van der Waals surface area (Å²) >= 11 is 3.60. The Labute approximate surface area is 134 Å². The number of hydrogen-bond donors (Lipinski definition) is 0. The van der Waals surface area contributed by atoms with E-state index in [4.69, 9.17) is 14.0 Å². The average molecular weight is 355 g/mol. The highest BCUT2D eigenvalue weighted by Gasteiger charge is 2.57. The second-order valence-corrected chi connectivity index (χ2v) is 7.25. The minimum atomic E-state index is -0.597. The number of benzene rings is 1. The van der Waals surface area contributed by atoms with E-state index in [0.717, 1.165) is 0 Å². The van der Waals surface area contributed by atoms with Crippen molar-refractivity contribution in [3.05, 3.63) is 29.8 Å². The second kappa shape index (κ2) is 5.74. The van der Waals surface area contributed by atoms with Gasteiger partial charge in [-0.25, -0.2) is 4.79 Å². The Balaban J connectivity index is 2.40. The van der Waals surface area contributed by atoms with Crippen molar-refractivity contribution in [1.82, 2.24) is 0 Å². The molecule has 0 aliphatic carbocycles. The molecule has 0 saturated carbocycles. The summed E-state index contributed by atoms with van der Waals surface area (Å²) in [6, 6.07) is 7.20. The lowest BCUT2D eigenvalue weighted by atomic mass is 9.76. The minimum absolute atomic E-state index is 0.0929. The number of carbonyl (C=O) groups is 1. The Kier molecular flexibility index (Phi) is 4.52. The van der Waals surface area contributed by atoms with Gasteiger partial charge in [0.15, 0.2) is 0 Å². The molecule has 0 aromatic heterocycles. The number of methoxy groups -OCH3 is 1. The summed E-state index contributed by atoms with van der Waals surface area (Å²) in [6.45, 7) is 8.02. The molecule has 2 atom stereocenters. The lowest BCUT2D eigenvalue weighted by molar-refractivity contribution is -0.00601. The van der Waals surface area contributed by atoms with Crippen LogP contribution in [-0.2, 0) is 14.0 Å². The topological polar surface area (TPSA) is 44.8 Å². The van der Waals surface area contributed by atoms with Crippen LogP contribution in [0.5, 0.6) is 0 Å². The largest absolute Gasteiger partial charge is 0.495 e. The van der Waals surface area contributed by atoms with Crippen LogP contribution in [0.25, 0.3) is 0 Å². The lowest BCUT2D eigenvalue weighted by Gasteiger charge is -2.38. The molecule has 114 valence electrons. The number of hydrogen-bond acceptors (Lipinski definition) is 4. The third-order valence-corrected chi connectivity index (χ3v) is 5.20. The molecular weight excluding hydrogens is 335 g/mol. The van der Waals surface area contributed by atoms with Gasteiger partial charge >= 0.3 is 13.1 Å². The summed E-state index contributed by atoms with van der Waals surface area (Å²) in [5.41, 5.74) is 0.145. The highest BCUT2D eigenvalue weighted by atomic mass is 79.9. The van der Waals surface area contributed by atoms with Crippen LogP contribution in [0.2, 0.25) is 0 Å². The Morgan fingerprint density at radius 2 is 1.90 bits per heavy atom. The number of rotatable bonds is 3. The van der Waals surface area contributed by atoms with Crippen molar-refractivity contribution < 1.29 is 18.8 Å². The predicted molar refractivity (Wildman–Crippen MR) is 86.2 cm³/mol. The molecule has 0 bridgehead atoms. The van der Waals surface area contributed by atoms with Crippen LogP contribution in [0.15, 0.2) is 24.3 Å². The van der Waals surface area contributed by atoms with Crippen molar-refractivity contribution in [2.45, 2.75) is 43.7 Å². The highest BCUT2D eigenvalue weighted by Crippen LogP contribution is 2.42.